The lowest BCUT2D eigenvalue weighted by Gasteiger charge is -2.31. The highest BCUT2D eigenvalue weighted by atomic mass is 16.3. The maximum Gasteiger partial charge on any atom is 0.255 e. The molecule has 0 spiro atoms. The largest absolute Gasteiger partial charge is 0.392 e. The molecule has 3 unspecified atom stereocenters. The van der Waals surface area contributed by atoms with Crippen molar-refractivity contribution < 1.29 is 9.90 Å². The molecule has 3 N–H and O–H groups in total. The van der Waals surface area contributed by atoms with Gasteiger partial charge in [0.1, 0.15) is 0 Å². The van der Waals surface area contributed by atoms with Crippen LogP contribution in [0.25, 0.3) is 0 Å². The average Bonchev–Trinajstić information content (AvgIpc) is 2.64. The van der Waals surface area contributed by atoms with Crippen molar-refractivity contribution in [3.05, 3.63) is 65.7 Å². The van der Waals surface area contributed by atoms with Gasteiger partial charge < -0.3 is 15.7 Å². The van der Waals surface area contributed by atoms with Gasteiger partial charge in [0.2, 0.25) is 0 Å². The molecule has 4 nitrogen and oxygen atoms in total. The Labute approximate surface area is 149 Å². The molecule has 0 bridgehead atoms. The Morgan fingerprint density at radius 3 is 2.60 bits per heavy atom. The summed E-state index contributed by atoms with van der Waals surface area (Å²) in [6.07, 6.45) is 3.88. The van der Waals surface area contributed by atoms with Crippen LogP contribution in [-0.2, 0) is 0 Å². The molecular weight excluding hydrogens is 312 g/mol. The number of rotatable bonds is 5. The lowest BCUT2D eigenvalue weighted by molar-refractivity contribution is 0.0860. The third-order valence-corrected chi connectivity index (χ3v) is 4.87. The van der Waals surface area contributed by atoms with Gasteiger partial charge in [-0.25, -0.2) is 0 Å². The Morgan fingerprint density at radius 2 is 1.84 bits per heavy atom. The van der Waals surface area contributed by atoms with Gasteiger partial charge in [0.05, 0.1) is 6.10 Å². The van der Waals surface area contributed by atoms with Crippen molar-refractivity contribution >= 4 is 11.6 Å². The number of anilines is 1. The van der Waals surface area contributed by atoms with E-state index < -0.39 is 0 Å². The van der Waals surface area contributed by atoms with Gasteiger partial charge in [0.25, 0.3) is 5.91 Å². The fourth-order valence-corrected chi connectivity index (χ4v) is 3.40. The highest BCUT2D eigenvalue weighted by Gasteiger charge is 2.24. The molecule has 4 heteroatoms. The summed E-state index contributed by atoms with van der Waals surface area (Å²) in [6.45, 7) is 2.10. The lowest BCUT2D eigenvalue weighted by atomic mass is 9.91. The van der Waals surface area contributed by atoms with E-state index in [1.54, 1.807) is 12.1 Å². The van der Waals surface area contributed by atoms with Crippen molar-refractivity contribution in [3.63, 3.8) is 0 Å². The molecule has 1 fully saturated rings. The number of carbonyl (C=O) groups is 1. The number of hydrogen-bond donors (Lipinski definition) is 3. The minimum absolute atomic E-state index is 0.110. The summed E-state index contributed by atoms with van der Waals surface area (Å²) in [6, 6.07) is 17.3. The van der Waals surface area contributed by atoms with Crippen molar-refractivity contribution in [1.29, 1.82) is 0 Å². The van der Waals surface area contributed by atoms with E-state index in [0.717, 1.165) is 36.9 Å². The van der Waals surface area contributed by atoms with Crippen LogP contribution in [0.4, 0.5) is 5.69 Å². The summed E-state index contributed by atoms with van der Waals surface area (Å²) in [5.74, 6) is -0.110. The number of carbonyl (C=O) groups excluding carboxylic acids is 1. The summed E-state index contributed by atoms with van der Waals surface area (Å²) in [5, 5.41) is 16.6. The number of hydrogen-bond acceptors (Lipinski definition) is 3. The van der Waals surface area contributed by atoms with Crippen molar-refractivity contribution in [1.82, 2.24) is 5.32 Å². The Morgan fingerprint density at radius 1 is 1.08 bits per heavy atom. The summed E-state index contributed by atoms with van der Waals surface area (Å²) >= 11 is 0. The van der Waals surface area contributed by atoms with Crippen LogP contribution in [0.3, 0.4) is 0 Å². The molecule has 25 heavy (non-hydrogen) atoms. The van der Waals surface area contributed by atoms with Crippen LogP contribution in [0.1, 0.15) is 54.6 Å². The van der Waals surface area contributed by atoms with Gasteiger partial charge >= 0.3 is 0 Å². The van der Waals surface area contributed by atoms with Gasteiger partial charge in [0.15, 0.2) is 0 Å². The smallest absolute Gasteiger partial charge is 0.255 e. The number of aliphatic hydroxyl groups is 1. The summed E-state index contributed by atoms with van der Waals surface area (Å²) in [5.41, 5.74) is 2.53. The van der Waals surface area contributed by atoms with Crippen LogP contribution in [0.15, 0.2) is 54.6 Å². The Hall–Kier alpha value is -2.17. The van der Waals surface area contributed by atoms with Gasteiger partial charge in [0, 0.05) is 23.3 Å². The minimum Gasteiger partial charge on any atom is -0.392 e. The fourth-order valence-electron chi connectivity index (χ4n) is 3.40. The molecular formula is C21H26N2O2. The van der Waals surface area contributed by atoms with Crippen LogP contribution >= 0.6 is 0 Å². The maximum atomic E-state index is 12.3. The van der Waals surface area contributed by atoms with Crippen molar-refractivity contribution in [3.8, 4) is 0 Å². The first-order valence-electron chi connectivity index (χ1n) is 9.04. The molecule has 0 aliphatic heterocycles. The third kappa shape index (κ3) is 4.68. The van der Waals surface area contributed by atoms with Gasteiger partial charge in [-0.2, -0.15) is 0 Å². The van der Waals surface area contributed by atoms with Crippen LogP contribution in [0.5, 0.6) is 0 Å². The lowest BCUT2D eigenvalue weighted by Crippen LogP contribution is -2.43. The quantitative estimate of drug-likeness (QED) is 0.775. The number of benzene rings is 2. The second kappa shape index (κ2) is 8.28. The third-order valence-electron chi connectivity index (χ3n) is 4.87. The van der Waals surface area contributed by atoms with Gasteiger partial charge in [-0.05, 0) is 49.6 Å². The SMILES string of the molecule is CC(NC1CCCCC1O)c1cccc(NC(=O)c2ccccc2)c1. The molecule has 0 aromatic heterocycles. The summed E-state index contributed by atoms with van der Waals surface area (Å²) < 4.78 is 0. The van der Waals surface area contributed by atoms with E-state index in [9.17, 15) is 9.90 Å². The fraction of sp³-hybridized carbons (Fsp3) is 0.381. The van der Waals surface area contributed by atoms with E-state index in [0.29, 0.717) is 5.56 Å². The Kier molecular flexibility index (Phi) is 5.84. The summed E-state index contributed by atoms with van der Waals surface area (Å²) in [4.78, 5) is 12.3. The predicted octanol–water partition coefficient (Wildman–Crippen LogP) is 3.89. The van der Waals surface area contributed by atoms with Crippen LogP contribution < -0.4 is 10.6 Å². The predicted molar refractivity (Wildman–Crippen MR) is 101 cm³/mol. The molecule has 1 amide bonds. The number of nitrogens with one attached hydrogen (secondary N) is 2. The first-order valence-corrected chi connectivity index (χ1v) is 9.04. The van der Waals surface area contributed by atoms with E-state index >= 15 is 0 Å². The molecule has 0 heterocycles. The molecule has 0 radical (unpaired) electrons. The van der Waals surface area contributed by atoms with Gasteiger partial charge in [-0.3, -0.25) is 4.79 Å². The first-order chi connectivity index (χ1) is 12.1. The van der Waals surface area contributed by atoms with Gasteiger partial charge in [-0.1, -0.05) is 43.2 Å². The van der Waals surface area contributed by atoms with Crippen LogP contribution in [0, 0.1) is 0 Å². The van der Waals surface area contributed by atoms with Crippen molar-refractivity contribution in [2.24, 2.45) is 0 Å². The topological polar surface area (TPSA) is 61.4 Å². The zero-order valence-corrected chi connectivity index (χ0v) is 14.6. The van der Waals surface area contributed by atoms with E-state index in [1.165, 1.54) is 0 Å². The average molecular weight is 338 g/mol. The Balaban J connectivity index is 1.65. The number of amides is 1. The standard InChI is InChI=1S/C21H26N2O2/c1-15(22-19-12-5-6-13-20(19)24)17-10-7-11-18(14-17)23-21(25)16-8-3-2-4-9-16/h2-4,7-11,14-15,19-20,22,24H,5-6,12-13H2,1H3,(H,23,25). The highest BCUT2D eigenvalue weighted by molar-refractivity contribution is 6.04. The molecule has 1 aliphatic carbocycles. The summed E-state index contributed by atoms with van der Waals surface area (Å²) in [7, 11) is 0. The molecule has 3 atom stereocenters. The molecule has 1 saturated carbocycles. The second-order valence-electron chi connectivity index (χ2n) is 6.79. The van der Waals surface area contributed by atoms with Crippen molar-refractivity contribution in [2.45, 2.75) is 50.8 Å². The van der Waals surface area contributed by atoms with Crippen LogP contribution in [0.2, 0.25) is 0 Å². The molecule has 2 aromatic rings. The van der Waals surface area contributed by atoms with E-state index in [2.05, 4.69) is 17.6 Å². The second-order valence-corrected chi connectivity index (χ2v) is 6.79. The number of aliphatic hydroxyl groups excluding tert-OH is 1. The van der Waals surface area contributed by atoms with Gasteiger partial charge in [-0.15, -0.1) is 0 Å². The van der Waals surface area contributed by atoms with E-state index in [4.69, 9.17) is 0 Å². The van der Waals surface area contributed by atoms with Crippen molar-refractivity contribution in [2.75, 3.05) is 5.32 Å². The molecule has 132 valence electrons. The minimum atomic E-state index is -0.267. The maximum absolute atomic E-state index is 12.3. The van der Waals surface area contributed by atoms with E-state index in [-0.39, 0.29) is 24.1 Å². The Bertz CT molecular complexity index is 702. The monoisotopic (exact) mass is 338 g/mol. The zero-order chi connectivity index (χ0) is 17.6. The normalized spacial score (nSPS) is 21.5. The molecule has 2 aromatic carbocycles. The zero-order valence-electron chi connectivity index (χ0n) is 14.6. The van der Waals surface area contributed by atoms with Crippen LogP contribution in [-0.4, -0.2) is 23.2 Å². The first kappa shape index (κ1) is 17.6. The van der Waals surface area contributed by atoms with E-state index in [1.807, 2.05) is 42.5 Å². The highest BCUT2D eigenvalue weighted by Crippen LogP contribution is 2.23. The molecule has 3 rings (SSSR count). The molecule has 0 saturated heterocycles. The molecule has 1 aliphatic rings.